The number of fused-ring (bicyclic) bond motifs is 1. The zero-order chi connectivity index (χ0) is 5.61. The van der Waals surface area contributed by atoms with Gasteiger partial charge in [0.2, 0.25) is 0 Å². The second kappa shape index (κ2) is 1.20. The largest absolute Gasteiger partial charge is 0.374 e. The number of hydrogen-bond donors (Lipinski definition) is 1. The first kappa shape index (κ1) is 4.65. The van der Waals surface area contributed by atoms with Crippen LogP contribution in [0, 0.1) is 0 Å². The molecule has 0 aromatic heterocycles. The van der Waals surface area contributed by atoms with Crippen LogP contribution in [0.2, 0.25) is 0 Å². The van der Waals surface area contributed by atoms with E-state index < -0.39 is 4.93 Å². The van der Waals surface area contributed by atoms with Crippen molar-refractivity contribution in [2.75, 3.05) is 0 Å². The van der Waals surface area contributed by atoms with Gasteiger partial charge in [0.15, 0.2) is 0 Å². The van der Waals surface area contributed by atoms with Gasteiger partial charge in [-0.2, -0.15) is 0 Å². The van der Waals surface area contributed by atoms with Crippen LogP contribution in [0.3, 0.4) is 0 Å². The first-order chi connectivity index (χ1) is 3.81. The van der Waals surface area contributed by atoms with E-state index in [1.54, 1.807) is 11.8 Å². The Morgan fingerprint density at radius 1 is 1.50 bits per heavy atom. The van der Waals surface area contributed by atoms with Gasteiger partial charge in [0.25, 0.3) is 0 Å². The smallest absolute Gasteiger partial charge is 0.145 e. The monoisotopic (exact) mass is 126 g/mol. The van der Waals surface area contributed by atoms with Crippen LogP contribution in [-0.4, -0.2) is 15.3 Å². The molecule has 2 rings (SSSR count). The highest BCUT2D eigenvalue weighted by atomic mass is 32.2. The molecule has 0 aromatic carbocycles. The fourth-order valence-electron chi connectivity index (χ4n) is 0.839. The van der Waals surface area contributed by atoms with E-state index in [9.17, 15) is 5.11 Å². The van der Waals surface area contributed by atoms with Crippen molar-refractivity contribution >= 4 is 11.8 Å². The van der Waals surface area contributed by atoms with Crippen molar-refractivity contribution in [2.45, 2.75) is 10.2 Å². The number of aliphatic hydroxyl groups is 1. The Balaban J connectivity index is 2.33. The predicted octanol–water partition coefficient (Wildman–Crippen LogP) is 0.916. The number of allylic oxidation sites excluding steroid dienone is 2. The average Bonchev–Trinajstić information content (AvgIpc) is 2.39. The Morgan fingerprint density at radius 2 is 2.38 bits per heavy atom. The lowest BCUT2D eigenvalue weighted by molar-refractivity contribution is 0.228. The van der Waals surface area contributed by atoms with E-state index >= 15 is 0 Å². The SMILES string of the molecule is OC12C=CC=CC1S2. The van der Waals surface area contributed by atoms with Crippen molar-refractivity contribution in [3.8, 4) is 0 Å². The molecule has 1 saturated heterocycles. The third-order valence-electron chi connectivity index (χ3n) is 1.40. The second-order valence-electron chi connectivity index (χ2n) is 2.03. The van der Waals surface area contributed by atoms with Crippen molar-refractivity contribution in [1.82, 2.24) is 0 Å². The molecule has 1 aliphatic heterocycles. The molecule has 8 heavy (non-hydrogen) atoms. The molecule has 1 heterocycles. The minimum Gasteiger partial charge on any atom is -0.374 e. The Morgan fingerprint density at radius 3 is 2.88 bits per heavy atom. The summed E-state index contributed by atoms with van der Waals surface area (Å²) >= 11 is 1.58. The fourth-order valence-corrected chi connectivity index (χ4v) is 1.66. The third kappa shape index (κ3) is 0.471. The normalized spacial score (nSPS) is 48.9. The summed E-state index contributed by atoms with van der Waals surface area (Å²) < 4.78 is 0. The number of hydrogen-bond acceptors (Lipinski definition) is 2. The molecular weight excluding hydrogens is 120 g/mol. The van der Waals surface area contributed by atoms with E-state index in [1.807, 2.05) is 24.3 Å². The van der Waals surface area contributed by atoms with E-state index in [0.29, 0.717) is 5.25 Å². The van der Waals surface area contributed by atoms with E-state index in [0.717, 1.165) is 0 Å². The van der Waals surface area contributed by atoms with Gasteiger partial charge in [0.1, 0.15) is 4.93 Å². The minimum atomic E-state index is -0.505. The summed E-state index contributed by atoms with van der Waals surface area (Å²) in [5.74, 6) is 0. The Kier molecular flexibility index (Phi) is 0.696. The second-order valence-corrected chi connectivity index (χ2v) is 3.43. The van der Waals surface area contributed by atoms with Gasteiger partial charge in [-0.3, -0.25) is 0 Å². The Labute approximate surface area is 52.1 Å². The summed E-state index contributed by atoms with van der Waals surface area (Å²) in [4.78, 5) is -0.505. The molecule has 2 unspecified atom stereocenters. The van der Waals surface area contributed by atoms with Crippen LogP contribution in [-0.2, 0) is 0 Å². The highest BCUT2D eigenvalue weighted by molar-refractivity contribution is 8.08. The average molecular weight is 126 g/mol. The van der Waals surface area contributed by atoms with Gasteiger partial charge in [-0.05, 0) is 6.08 Å². The summed E-state index contributed by atoms with van der Waals surface area (Å²) in [6.07, 6.45) is 7.71. The number of rotatable bonds is 0. The van der Waals surface area contributed by atoms with Crippen LogP contribution >= 0.6 is 11.8 Å². The van der Waals surface area contributed by atoms with Gasteiger partial charge >= 0.3 is 0 Å². The van der Waals surface area contributed by atoms with Crippen LogP contribution in [0.5, 0.6) is 0 Å². The van der Waals surface area contributed by atoms with Crippen LogP contribution in [0.25, 0.3) is 0 Å². The van der Waals surface area contributed by atoms with Gasteiger partial charge in [-0.1, -0.05) is 18.2 Å². The summed E-state index contributed by atoms with van der Waals surface area (Å²) in [6.45, 7) is 0. The molecule has 1 nitrogen and oxygen atoms in total. The maximum Gasteiger partial charge on any atom is 0.145 e. The lowest BCUT2D eigenvalue weighted by atomic mass is 10.1. The van der Waals surface area contributed by atoms with Gasteiger partial charge in [0.05, 0.1) is 5.25 Å². The lowest BCUT2D eigenvalue weighted by Crippen LogP contribution is -2.08. The maximum absolute atomic E-state index is 9.27. The third-order valence-corrected chi connectivity index (χ3v) is 2.68. The van der Waals surface area contributed by atoms with Crippen LogP contribution in [0.1, 0.15) is 0 Å². The van der Waals surface area contributed by atoms with Crippen molar-refractivity contribution in [2.24, 2.45) is 0 Å². The molecule has 42 valence electrons. The molecule has 0 amide bonds. The molecule has 2 heteroatoms. The predicted molar refractivity (Wildman–Crippen MR) is 34.6 cm³/mol. The van der Waals surface area contributed by atoms with E-state index in [1.165, 1.54) is 0 Å². The van der Waals surface area contributed by atoms with Crippen molar-refractivity contribution in [3.63, 3.8) is 0 Å². The van der Waals surface area contributed by atoms with Crippen LogP contribution < -0.4 is 0 Å². The lowest BCUT2D eigenvalue weighted by Gasteiger charge is -1.98. The maximum atomic E-state index is 9.27. The first-order valence-electron chi connectivity index (χ1n) is 2.57. The molecule has 2 aliphatic rings. The van der Waals surface area contributed by atoms with Crippen LogP contribution in [0.4, 0.5) is 0 Å². The molecule has 1 aliphatic carbocycles. The first-order valence-corrected chi connectivity index (χ1v) is 3.45. The minimum absolute atomic E-state index is 0.354. The molecular formula is C6H6OS. The number of thioether (sulfide) groups is 1. The zero-order valence-electron chi connectivity index (χ0n) is 4.24. The quantitative estimate of drug-likeness (QED) is 0.487. The summed E-state index contributed by atoms with van der Waals surface area (Å²) in [5.41, 5.74) is 0. The summed E-state index contributed by atoms with van der Waals surface area (Å²) in [7, 11) is 0. The standard InChI is InChI=1S/C6H6OS/c7-6-4-2-1-3-5(6)8-6/h1-5,7H. The molecule has 0 saturated carbocycles. The van der Waals surface area contributed by atoms with E-state index in [2.05, 4.69) is 0 Å². The van der Waals surface area contributed by atoms with Crippen molar-refractivity contribution < 1.29 is 5.11 Å². The highest BCUT2D eigenvalue weighted by Crippen LogP contribution is 2.54. The molecule has 0 radical (unpaired) electrons. The van der Waals surface area contributed by atoms with Gasteiger partial charge in [-0.25, -0.2) is 0 Å². The van der Waals surface area contributed by atoms with Crippen LogP contribution in [0.15, 0.2) is 24.3 Å². The zero-order valence-corrected chi connectivity index (χ0v) is 5.06. The summed E-state index contributed by atoms with van der Waals surface area (Å²) in [6, 6.07) is 0. The van der Waals surface area contributed by atoms with E-state index in [4.69, 9.17) is 0 Å². The molecule has 0 aromatic rings. The van der Waals surface area contributed by atoms with Gasteiger partial charge in [-0.15, -0.1) is 11.8 Å². The van der Waals surface area contributed by atoms with Crippen molar-refractivity contribution in [1.29, 1.82) is 0 Å². The van der Waals surface area contributed by atoms with Gasteiger partial charge in [0, 0.05) is 0 Å². The molecule has 1 N–H and O–H groups in total. The Bertz CT molecular complexity index is 173. The molecule has 2 atom stereocenters. The molecule has 0 bridgehead atoms. The summed E-state index contributed by atoms with van der Waals surface area (Å²) in [5, 5.41) is 9.63. The Hall–Kier alpha value is -0.210. The van der Waals surface area contributed by atoms with E-state index in [-0.39, 0.29) is 0 Å². The van der Waals surface area contributed by atoms with Gasteiger partial charge < -0.3 is 5.11 Å². The molecule has 1 fully saturated rings. The topological polar surface area (TPSA) is 20.2 Å². The van der Waals surface area contributed by atoms with Crippen molar-refractivity contribution in [3.05, 3.63) is 24.3 Å². The highest BCUT2D eigenvalue weighted by Gasteiger charge is 2.51. The fraction of sp³-hybridized carbons (Fsp3) is 0.333. The molecule has 0 spiro atoms.